The molecule has 1 fully saturated rings. The zero-order valence-electron chi connectivity index (χ0n) is 7.79. The van der Waals surface area contributed by atoms with Gasteiger partial charge in [0.05, 0.1) is 0 Å². The molecular formula is C7H11F3O3S2. The third-order valence-corrected chi connectivity index (χ3v) is 4.25. The van der Waals surface area contributed by atoms with Crippen molar-refractivity contribution in [3.8, 4) is 0 Å². The van der Waals surface area contributed by atoms with Crippen LogP contribution in [0, 0.1) is 0 Å². The molecule has 0 aromatic carbocycles. The number of rotatable bonds is 1. The van der Waals surface area contributed by atoms with Crippen molar-refractivity contribution >= 4 is 21.0 Å². The first-order valence-electron chi connectivity index (χ1n) is 3.99. The zero-order chi connectivity index (χ0) is 12.1. The average Bonchev–Trinajstić information content (AvgIpc) is 2.52. The molecule has 0 amide bonds. The minimum atomic E-state index is -6.09. The van der Waals surface area contributed by atoms with Crippen LogP contribution in [0.3, 0.4) is 0 Å². The van der Waals surface area contributed by atoms with Crippen molar-refractivity contribution in [1.29, 1.82) is 0 Å². The van der Waals surface area contributed by atoms with Crippen LogP contribution < -0.4 is 0 Å². The second-order valence-electron chi connectivity index (χ2n) is 2.72. The van der Waals surface area contributed by atoms with Gasteiger partial charge in [0.15, 0.2) is 10.1 Å². The van der Waals surface area contributed by atoms with Crippen LogP contribution in [0.1, 0.15) is 12.8 Å². The van der Waals surface area contributed by atoms with Crippen LogP contribution in [0.4, 0.5) is 13.2 Å². The van der Waals surface area contributed by atoms with E-state index in [2.05, 4.69) is 12.0 Å². The molecule has 1 heterocycles. The number of hydrogen-bond donors (Lipinski definition) is 0. The van der Waals surface area contributed by atoms with Gasteiger partial charge >= 0.3 is 5.51 Å². The number of alkyl halides is 3. The second-order valence-corrected chi connectivity index (χ2v) is 6.32. The first-order chi connectivity index (χ1) is 6.68. The second kappa shape index (κ2) is 5.76. The van der Waals surface area contributed by atoms with Gasteiger partial charge in [0, 0.05) is 10.9 Å². The molecule has 1 aliphatic heterocycles. The summed E-state index contributed by atoms with van der Waals surface area (Å²) in [5.74, 6) is 2.84. The van der Waals surface area contributed by atoms with Crippen molar-refractivity contribution in [3.05, 3.63) is 12.0 Å². The maximum Gasteiger partial charge on any atom is 0.485 e. The molecule has 0 radical (unpaired) electrons. The topological polar surface area (TPSA) is 57.2 Å². The molecule has 90 valence electrons. The monoisotopic (exact) mass is 264 g/mol. The van der Waals surface area contributed by atoms with Gasteiger partial charge in [-0.3, -0.25) is 0 Å². The summed E-state index contributed by atoms with van der Waals surface area (Å²) in [7, 11) is -5.46. The maximum atomic E-state index is 10.7. The van der Waals surface area contributed by atoms with E-state index in [1.54, 1.807) is 0 Å². The van der Waals surface area contributed by atoms with E-state index < -0.39 is 15.6 Å². The van der Waals surface area contributed by atoms with Crippen LogP contribution in [0.25, 0.3) is 0 Å². The Bertz CT molecular complexity index is 291. The van der Waals surface area contributed by atoms with Gasteiger partial charge in [-0.2, -0.15) is 13.2 Å². The normalized spacial score (nSPS) is 18.1. The summed E-state index contributed by atoms with van der Waals surface area (Å²) in [5.41, 5.74) is -5.65. The standard InChI is InChI=1S/C6H11S.CHF3O3S/c1-2-7-5-3-4-6-7;2-1(3,4)8(5,6)7/h2H,1,3-6H2;(H,5,6,7)/q+1;/p-1. The third-order valence-electron chi connectivity index (χ3n) is 1.58. The molecule has 15 heavy (non-hydrogen) atoms. The van der Waals surface area contributed by atoms with E-state index in [0.717, 1.165) is 0 Å². The van der Waals surface area contributed by atoms with Crippen molar-refractivity contribution in [2.75, 3.05) is 11.5 Å². The molecule has 8 heteroatoms. The van der Waals surface area contributed by atoms with Crippen LogP contribution in [0.5, 0.6) is 0 Å². The first kappa shape index (κ1) is 14.8. The van der Waals surface area contributed by atoms with Crippen LogP contribution >= 0.6 is 0 Å². The van der Waals surface area contributed by atoms with Crippen molar-refractivity contribution in [2.45, 2.75) is 18.3 Å². The van der Waals surface area contributed by atoms with E-state index >= 15 is 0 Å². The minimum absolute atomic E-state index is 0.630. The molecule has 0 atom stereocenters. The molecule has 0 saturated carbocycles. The van der Waals surface area contributed by atoms with Crippen LogP contribution in [-0.4, -0.2) is 30.0 Å². The molecule has 1 rings (SSSR count). The maximum absolute atomic E-state index is 10.7. The predicted molar refractivity (Wildman–Crippen MR) is 52.3 cm³/mol. The highest BCUT2D eigenvalue weighted by Crippen LogP contribution is 2.20. The summed E-state index contributed by atoms with van der Waals surface area (Å²) in [6.45, 7) is 3.76. The molecule has 0 aromatic heterocycles. The lowest BCUT2D eigenvalue weighted by Gasteiger charge is -2.08. The summed E-state index contributed by atoms with van der Waals surface area (Å²) in [6, 6.07) is 0. The highest BCUT2D eigenvalue weighted by Gasteiger charge is 2.36. The molecule has 3 nitrogen and oxygen atoms in total. The van der Waals surface area contributed by atoms with E-state index in [1.165, 1.54) is 24.3 Å². The summed E-state index contributed by atoms with van der Waals surface area (Å²) in [4.78, 5) is 0. The van der Waals surface area contributed by atoms with Gasteiger partial charge in [-0.25, -0.2) is 8.42 Å². The quantitative estimate of drug-likeness (QED) is 0.410. The fourth-order valence-corrected chi connectivity index (χ4v) is 2.53. The van der Waals surface area contributed by atoms with Gasteiger partial charge in [-0.1, -0.05) is 6.58 Å². The molecule has 0 spiro atoms. The average molecular weight is 264 g/mol. The highest BCUT2D eigenvalue weighted by atomic mass is 32.2. The summed E-state index contributed by atoms with van der Waals surface area (Å²) >= 11 is 0. The van der Waals surface area contributed by atoms with E-state index in [9.17, 15) is 13.2 Å². The van der Waals surface area contributed by atoms with Crippen molar-refractivity contribution < 1.29 is 26.1 Å². The fraction of sp³-hybridized carbons (Fsp3) is 0.714. The largest absolute Gasteiger partial charge is 0.741 e. The smallest absolute Gasteiger partial charge is 0.485 e. The van der Waals surface area contributed by atoms with Gasteiger partial charge in [-0.05, 0) is 12.8 Å². The Balaban J connectivity index is 0.000000262. The summed E-state index contributed by atoms with van der Waals surface area (Å²) in [5, 5.41) is 2.12. The van der Waals surface area contributed by atoms with Gasteiger partial charge in [0.2, 0.25) is 0 Å². The molecular weight excluding hydrogens is 253 g/mol. The van der Waals surface area contributed by atoms with Gasteiger partial charge in [-0.15, -0.1) is 0 Å². The van der Waals surface area contributed by atoms with E-state index in [-0.39, 0.29) is 0 Å². The Morgan fingerprint density at radius 1 is 1.27 bits per heavy atom. The lowest BCUT2D eigenvalue weighted by molar-refractivity contribution is -0.0517. The Kier molecular flexibility index (Phi) is 5.68. The lowest BCUT2D eigenvalue weighted by Crippen LogP contribution is -2.21. The van der Waals surface area contributed by atoms with Crippen LogP contribution in [0.15, 0.2) is 12.0 Å². The zero-order valence-corrected chi connectivity index (χ0v) is 9.42. The molecule has 1 aliphatic rings. The highest BCUT2D eigenvalue weighted by molar-refractivity contribution is 7.99. The minimum Gasteiger partial charge on any atom is -0.741 e. The number of halogens is 3. The Morgan fingerprint density at radius 3 is 1.73 bits per heavy atom. The van der Waals surface area contributed by atoms with Gasteiger partial charge in [0.25, 0.3) is 0 Å². The van der Waals surface area contributed by atoms with E-state index in [1.807, 2.05) is 0 Å². The van der Waals surface area contributed by atoms with Crippen LogP contribution in [-0.2, 0) is 21.0 Å². The molecule has 1 saturated heterocycles. The molecule has 0 N–H and O–H groups in total. The molecule has 0 unspecified atom stereocenters. The number of hydrogen-bond acceptors (Lipinski definition) is 3. The Morgan fingerprint density at radius 2 is 1.60 bits per heavy atom. The summed E-state index contributed by atoms with van der Waals surface area (Å²) in [6.07, 6.45) is 2.88. The predicted octanol–water partition coefficient (Wildman–Crippen LogP) is 1.59. The van der Waals surface area contributed by atoms with Crippen molar-refractivity contribution in [3.63, 3.8) is 0 Å². The first-order valence-corrected chi connectivity index (χ1v) is 7.03. The Labute approximate surface area is 89.5 Å². The Hall–Kier alpha value is -0.210. The van der Waals surface area contributed by atoms with Gasteiger partial charge in [0.1, 0.15) is 16.9 Å². The molecule has 0 aromatic rings. The van der Waals surface area contributed by atoms with E-state index in [0.29, 0.717) is 10.9 Å². The lowest BCUT2D eigenvalue weighted by atomic mass is 10.4. The molecule has 0 aliphatic carbocycles. The van der Waals surface area contributed by atoms with Gasteiger partial charge < -0.3 is 4.55 Å². The van der Waals surface area contributed by atoms with E-state index in [4.69, 9.17) is 13.0 Å². The SMILES string of the molecule is C=C[S+]1CCCC1.O=S(=O)([O-])C(F)(F)F. The summed E-state index contributed by atoms with van der Waals surface area (Å²) < 4.78 is 58.9. The molecule has 0 bridgehead atoms. The van der Waals surface area contributed by atoms with Crippen LogP contribution in [0.2, 0.25) is 0 Å². The fourth-order valence-electron chi connectivity index (χ4n) is 0.844. The third kappa shape index (κ3) is 6.06. The van der Waals surface area contributed by atoms with Crippen molar-refractivity contribution in [1.82, 2.24) is 0 Å². The van der Waals surface area contributed by atoms with Crippen molar-refractivity contribution in [2.24, 2.45) is 0 Å².